The molecule has 6 heteroatoms. The van der Waals surface area contributed by atoms with E-state index in [1.54, 1.807) is 7.11 Å². The average molecular weight is 360 g/mol. The fourth-order valence-corrected chi connectivity index (χ4v) is 4.15. The summed E-state index contributed by atoms with van der Waals surface area (Å²) in [6, 6.07) is 5.63. The zero-order chi connectivity index (χ0) is 18.9. The maximum atomic E-state index is 12.3. The van der Waals surface area contributed by atoms with Crippen LogP contribution in [0.4, 0.5) is 4.79 Å². The molecule has 1 aromatic rings. The van der Waals surface area contributed by atoms with Gasteiger partial charge in [-0.05, 0) is 50.3 Å². The highest BCUT2D eigenvalue weighted by molar-refractivity contribution is 5.85. The third-order valence-corrected chi connectivity index (χ3v) is 5.94. The van der Waals surface area contributed by atoms with Crippen molar-refractivity contribution >= 4 is 11.9 Å². The summed E-state index contributed by atoms with van der Waals surface area (Å²) in [7, 11) is 1.60. The number of Topliss-reactive ketones (excluding diaryl/α,β-unsaturated/α-hetero) is 1. The first-order valence-electron chi connectivity index (χ1n) is 9.16. The van der Waals surface area contributed by atoms with Crippen LogP contribution in [0.5, 0.6) is 11.5 Å². The largest absolute Gasteiger partial charge is 0.530 e. The van der Waals surface area contributed by atoms with Crippen LogP contribution in [-0.2, 0) is 4.79 Å². The quantitative estimate of drug-likeness (QED) is 0.805. The predicted octanol–water partition coefficient (Wildman–Crippen LogP) is 2.35. The molecule has 2 atom stereocenters. The zero-order valence-corrected chi connectivity index (χ0v) is 15.6. The highest BCUT2D eigenvalue weighted by Gasteiger charge is 2.47. The Bertz CT molecular complexity index is 697. The molecular formula is C20H26NO5-. The average Bonchev–Trinajstić information content (AvgIpc) is 3.23. The van der Waals surface area contributed by atoms with Gasteiger partial charge in [-0.1, -0.05) is 13.0 Å². The second-order valence-corrected chi connectivity index (χ2v) is 7.61. The number of carboxylic acid groups (broad SMARTS) is 1. The van der Waals surface area contributed by atoms with Crippen LogP contribution in [0.25, 0.3) is 0 Å². The van der Waals surface area contributed by atoms with E-state index in [9.17, 15) is 14.7 Å². The molecule has 0 spiro atoms. The second kappa shape index (κ2) is 7.17. The van der Waals surface area contributed by atoms with Gasteiger partial charge < -0.3 is 24.3 Å². The van der Waals surface area contributed by atoms with Gasteiger partial charge in [0, 0.05) is 19.0 Å². The Labute approximate surface area is 154 Å². The van der Waals surface area contributed by atoms with E-state index < -0.39 is 11.5 Å². The molecule has 142 valence electrons. The Kier molecular flexibility index (Phi) is 5.12. The molecule has 0 aromatic heterocycles. The van der Waals surface area contributed by atoms with Gasteiger partial charge in [0.15, 0.2) is 11.5 Å². The van der Waals surface area contributed by atoms with Crippen molar-refractivity contribution in [2.75, 3.05) is 20.2 Å². The minimum absolute atomic E-state index is 0.0275. The fraction of sp³-hybridized carbons (Fsp3) is 0.600. The van der Waals surface area contributed by atoms with E-state index in [4.69, 9.17) is 9.47 Å². The van der Waals surface area contributed by atoms with E-state index in [0.717, 1.165) is 31.2 Å². The minimum Gasteiger partial charge on any atom is -0.530 e. The first-order valence-corrected chi connectivity index (χ1v) is 9.16. The van der Waals surface area contributed by atoms with Gasteiger partial charge in [-0.25, -0.2) is 0 Å². The number of benzene rings is 1. The molecule has 0 N–H and O–H groups in total. The van der Waals surface area contributed by atoms with Crippen molar-refractivity contribution in [2.45, 2.75) is 51.6 Å². The van der Waals surface area contributed by atoms with E-state index in [1.807, 2.05) is 25.1 Å². The van der Waals surface area contributed by atoms with Gasteiger partial charge in [0.2, 0.25) is 0 Å². The maximum absolute atomic E-state index is 12.3. The molecule has 1 aliphatic carbocycles. The molecule has 1 amide bonds. The molecule has 6 nitrogen and oxygen atoms in total. The van der Waals surface area contributed by atoms with Gasteiger partial charge in [-0.2, -0.15) is 0 Å². The molecule has 2 unspecified atom stereocenters. The summed E-state index contributed by atoms with van der Waals surface area (Å²) < 4.78 is 11.6. The third kappa shape index (κ3) is 3.37. The van der Waals surface area contributed by atoms with E-state index >= 15 is 0 Å². The number of ketones is 1. The molecule has 3 rings (SSSR count). The van der Waals surface area contributed by atoms with Crippen molar-refractivity contribution in [2.24, 2.45) is 5.41 Å². The van der Waals surface area contributed by atoms with Gasteiger partial charge in [0.05, 0.1) is 18.6 Å². The first-order chi connectivity index (χ1) is 12.3. The van der Waals surface area contributed by atoms with Crippen molar-refractivity contribution in [3.8, 4) is 11.5 Å². The SMILES string of the molecule is COc1ccc(C2CN(C(=O)[O-])CC2(C)C(C)=O)cc1OC1CCCC1. The normalized spacial score (nSPS) is 26.1. The number of carbonyl (C=O) groups is 2. The smallest absolute Gasteiger partial charge is 0.161 e. The molecule has 26 heavy (non-hydrogen) atoms. The fourth-order valence-electron chi connectivity index (χ4n) is 4.15. The number of nitrogens with zero attached hydrogens (tertiary/aromatic N) is 1. The van der Waals surface area contributed by atoms with Crippen LogP contribution in [-0.4, -0.2) is 43.1 Å². The third-order valence-electron chi connectivity index (χ3n) is 5.94. The van der Waals surface area contributed by atoms with Crippen LogP contribution in [0, 0.1) is 5.41 Å². The maximum Gasteiger partial charge on any atom is 0.161 e. The first kappa shape index (κ1) is 18.5. The molecule has 0 bridgehead atoms. The number of methoxy groups -OCH3 is 1. The van der Waals surface area contributed by atoms with E-state index in [-0.39, 0.29) is 30.9 Å². The summed E-state index contributed by atoms with van der Waals surface area (Å²) in [5, 5.41) is 11.3. The van der Waals surface area contributed by atoms with Crippen LogP contribution >= 0.6 is 0 Å². The molecule has 1 heterocycles. The molecule has 1 saturated heterocycles. The monoisotopic (exact) mass is 360 g/mol. The molecular weight excluding hydrogens is 334 g/mol. The van der Waals surface area contributed by atoms with E-state index in [0.29, 0.717) is 11.5 Å². The van der Waals surface area contributed by atoms with Gasteiger partial charge in [-0.15, -0.1) is 0 Å². The van der Waals surface area contributed by atoms with Crippen molar-refractivity contribution in [1.82, 2.24) is 4.90 Å². The lowest BCUT2D eigenvalue weighted by atomic mass is 9.73. The summed E-state index contributed by atoms with van der Waals surface area (Å²) in [4.78, 5) is 24.9. The van der Waals surface area contributed by atoms with Crippen LogP contribution in [0.15, 0.2) is 18.2 Å². The molecule has 1 aromatic carbocycles. The van der Waals surface area contributed by atoms with Crippen molar-refractivity contribution in [3.63, 3.8) is 0 Å². The molecule has 1 aliphatic heterocycles. The Morgan fingerprint density at radius 1 is 1.23 bits per heavy atom. The Hall–Kier alpha value is -2.24. The Balaban J connectivity index is 1.93. The van der Waals surface area contributed by atoms with Gasteiger partial charge in [0.1, 0.15) is 11.9 Å². The highest BCUT2D eigenvalue weighted by atomic mass is 16.5. The number of carbonyl (C=O) groups excluding carboxylic acids is 2. The number of likely N-dealkylation sites (tertiary alicyclic amines) is 1. The van der Waals surface area contributed by atoms with Crippen LogP contribution in [0.2, 0.25) is 0 Å². The van der Waals surface area contributed by atoms with Gasteiger partial charge >= 0.3 is 0 Å². The highest BCUT2D eigenvalue weighted by Crippen LogP contribution is 2.45. The van der Waals surface area contributed by atoms with Crippen LogP contribution in [0.1, 0.15) is 51.0 Å². The van der Waals surface area contributed by atoms with Crippen LogP contribution < -0.4 is 14.6 Å². The molecule has 1 saturated carbocycles. The zero-order valence-electron chi connectivity index (χ0n) is 15.6. The minimum atomic E-state index is -1.24. The second-order valence-electron chi connectivity index (χ2n) is 7.61. The topological polar surface area (TPSA) is 78.9 Å². The summed E-state index contributed by atoms with van der Waals surface area (Å²) in [5.41, 5.74) is 0.111. The number of ether oxygens (including phenoxy) is 2. The lowest BCUT2D eigenvalue weighted by Crippen LogP contribution is -2.41. The van der Waals surface area contributed by atoms with E-state index in [2.05, 4.69) is 0 Å². The van der Waals surface area contributed by atoms with Gasteiger partial charge in [-0.3, -0.25) is 4.79 Å². The van der Waals surface area contributed by atoms with Crippen molar-refractivity contribution < 1.29 is 24.2 Å². The Morgan fingerprint density at radius 3 is 2.50 bits per heavy atom. The lowest BCUT2D eigenvalue weighted by Gasteiger charge is -2.28. The molecule has 2 fully saturated rings. The number of hydrogen-bond donors (Lipinski definition) is 0. The number of amides is 1. The summed E-state index contributed by atoms with van der Waals surface area (Å²) in [5.74, 6) is 1.05. The summed E-state index contributed by atoms with van der Waals surface area (Å²) in [6.45, 7) is 3.74. The van der Waals surface area contributed by atoms with Crippen molar-refractivity contribution in [1.29, 1.82) is 0 Å². The number of hydrogen-bond acceptors (Lipinski definition) is 5. The summed E-state index contributed by atoms with van der Waals surface area (Å²) >= 11 is 0. The van der Waals surface area contributed by atoms with E-state index in [1.165, 1.54) is 11.8 Å². The Morgan fingerprint density at radius 2 is 1.92 bits per heavy atom. The lowest BCUT2D eigenvalue weighted by molar-refractivity contribution is -0.264. The van der Waals surface area contributed by atoms with Crippen LogP contribution in [0.3, 0.4) is 0 Å². The molecule has 2 aliphatic rings. The van der Waals surface area contributed by atoms with Gasteiger partial charge in [0.25, 0.3) is 0 Å². The molecule has 0 radical (unpaired) electrons. The predicted molar refractivity (Wildman–Crippen MR) is 94.4 cm³/mol. The number of rotatable bonds is 5. The van der Waals surface area contributed by atoms with Crippen molar-refractivity contribution in [3.05, 3.63) is 23.8 Å². The standard InChI is InChI=1S/C20H27NO5/c1-13(22)20(2)12-21(19(23)24)11-16(20)14-8-9-17(25-3)18(10-14)26-15-6-4-5-7-15/h8-10,15-16H,4-7,11-12H2,1-3H3,(H,23,24)/p-1. The summed E-state index contributed by atoms with van der Waals surface area (Å²) in [6.07, 6.45) is 3.33.